The summed E-state index contributed by atoms with van der Waals surface area (Å²) in [6.07, 6.45) is 2.22. The van der Waals surface area contributed by atoms with Gasteiger partial charge in [0.15, 0.2) is 0 Å². The molecule has 1 N–H and O–H groups in total. The number of nitrogens with one attached hydrogen (secondary N) is 1. The van der Waals surface area contributed by atoms with E-state index in [9.17, 15) is 4.79 Å². The molecule has 0 bridgehead atoms. The quantitative estimate of drug-likeness (QED) is 0.541. The van der Waals surface area contributed by atoms with E-state index in [0.29, 0.717) is 6.61 Å². The molecule has 146 valence electrons. The maximum Gasteiger partial charge on any atom is 0.226 e. The van der Waals surface area contributed by atoms with E-state index in [1.165, 1.54) is 16.9 Å². The third-order valence-electron chi connectivity index (χ3n) is 4.44. The van der Waals surface area contributed by atoms with Crippen LogP contribution < -0.4 is 10.1 Å². The Morgan fingerprint density at radius 1 is 1.14 bits per heavy atom. The number of rotatable bonds is 9. The molecule has 4 nitrogen and oxygen atoms in total. The molecule has 5 heteroatoms. The molecule has 1 atom stereocenters. The first kappa shape index (κ1) is 20.1. The fraction of sp³-hybridized carbons (Fsp3) is 0.304. The zero-order chi connectivity index (χ0) is 19.8. The Morgan fingerprint density at radius 3 is 2.61 bits per heavy atom. The molecule has 0 fully saturated rings. The van der Waals surface area contributed by atoms with E-state index in [1.807, 2.05) is 54.8 Å². The molecule has 28 heavy (non-hydrogen) atoms. The maximum atomic E-state index is 12.5. The first-order valence-electron chi connectivity index (χ1n) is 9.61. The molecule has 3 rings (SSSR count). The minimum Gasteiger partial charge on any atom is -0.486 e. The van der Waals surface area contributed by atoms with Gasteiger partial charge in [0.1, 0.15) is 17.4 Å². The summed E-state index contributed by atoms with van der Waals surface area (Å²) >= 11 is 1.52. The van der Waals surface area contributed by atoms with Crippen LogP contribution in [0.5, 0.6) is 5.75 Å². The standard InChI is InChI=1S/C23H26N2O2S/c1-3-7-21(18-8-5-4-6-9-18)25-22(26)14-19-16-28-23(24-19)15-27-20-12-10-17(2)11-13-20/h4-6,8-13,16,21H,3,7,14-15H2,1-2H3,(H,25,26). The highest BCUT2D eigenvalue weighted by atomic mass is 32.1. The van der Waals surface area contributed by atoms with E-state index in [0.717, 1.165) is 34.9 Å². The Morgan fingerprint density at radius 2 is 1.89 bits per heavy atom. The zero-order valence-electron chi connectivity index (χ0n) is 16.4. The van der Waals surface area contributed by atoms with E-state index >= 15 is 0 Å². The van der Waals surface area contributed by atoms with E-state index in [1.54, 1.807) is 0 Å². The average molecular weight is 395 g/mol. The van der Waals surface area contributed by atoms with Gasteiger partial charge in [0, 0.05) is 5.38 Å². The van der Waals surface area contributed by atoms with Crippen molar-refractivity contribution < 1.29 is 9.53 Å². The number of hydrogen-bond acceptors (Lipinski definition) is 4. The minimum absolute atomic E-state index is 0.00129. The van der Waals surface area contributed by atoms with E-state index in [-0.39, 0.29) is 18.4 Å². The van der Waals surface area contributed by atoms with Gasteiger partial charge in [-0.15, -0.1) is 11.3 Å². The maximum absolute atomic E-state index is 12.5. The van der Waals surface area contributed by atoms with Crippen molar-refractivity contribution in [3.63, 3.8) is 0 Å². The summed E-state index contributed by atoms with van der Waals surface area (Å²) in [6, 6.07) is 18.1. The second kappa shape index (κ2) is 10.0. The Bertz CT molecular complexity index is 875. The van der Waals surface area contributed by atoms with Crippen LogP contribution in [-0.2, 0) is 17.8 Å². The van der Waals surface area contributed by atoms with Gasteiger partial charge in [-0.1, -0.05) is 61.4 Å². The molecule has 1 aromatic heterocycles. The predicted molar refractivity (Wildman–Crippen MR) is 114 cm³/mol. The topological polar surface area (TPSA) is 51.2 Å². The Balaban J connectivity index is 1.53. The molecule has 0 saturated heterocycles. The summed E-state index contributed by atoms with van der Waals surface area (Å²) in [4.78, 5) is 17.1. The number of ether oxygens (including phenoxy) is 1. The highest BCUT2D eigenvalue weighted by Gasteiger charge is 2.15. The molecule has 3 aromatic rings. The normalized spacial score (nSPS) is 11.8. The lowest BCUT2D eigenvalue weighted by Gasteiger charge is -2.18. The molecule has 1 amide bonds. The van der Waals surface area contributed by atoms with Gasteiger partial charge in [-0.2, -0.15) is 0 Å². The smallest absolute Gasteiger partial charge is 0.226 e. The summed E-state index contributed by atoms with van der Waals surface area (Å²) < 4.78 is 5.77. The molecule has 1 unspecified atom stereocenters. The van der Waals surface area contributed by atoms with Gasteiger partial charge in [-0.3, -0.25) is 4.79 Å². The van der Waals surface area contributed by atoms with Gasteiger partial charge in [0.05, 0.1) is 18.2 Å². The van der Waals surface area contributed by atoms with Crippen molar-refractivity contribution in [2.45, 2.75) is 45.8 Å². The summed E-state index contributed by atoms with van der Waals surface area (Å²) in [7, 11) is 0. The molecular formula is C23H26N2O2S. The molecule has 2 aromatic carbocycles. The number of aryl methyl sites for hydroxylation is 1. The molecule has 0 aliphatic heterocycles. The third kappa shape index (κ3) is 5.92. The molecule has 0 aliphatic rings. The monoisotopic (exact) mass is 394 g/mol. The van der Waals surface area contributed by atoms with Crippen LogP contribution >= 0.6 is 11.3 Å². The fourth-order valence-electron chi connectivity index (χ4n) is 2.98. The molecule has 0 radical (unpaired) electrons. The number of amides is 1. The molecule has 1 heterocycles. The van der Waals surface area contributed by atoms with Crippen molar-refractivity contribution in [1.29, 1.82) is 0 Å². The molecule has 0 aliphatic carbocycles. The number of thiazole rings is 1. The lowest BCUT2D eigenvalue weighted by atomic mass is 10.0. The number of carbonyl (C=O) groups is 1. The molecule has 0 saturated carbocycles. The highest BCUT2D eigenvalue weighted by Crippen LogP contribution is 2.19. The Hall–Kier alpha value is -2.66. The van der Waals surface area contributed by atoms with Crippen molar-refractivity contribution in [2.24, 2.45) is 0 Å². The van der Waals surface area contributed by atoms with Crippen LogP contribution in [0, 0.1) is 6.92 Å². The minimum atomic E-state index is -0.00129. The fourth-order valence-corrected chi connectivity index (χ4v) is 3.69. The van der Waals surface area contributed by atoms with Gasteiger partial charge in [0.2, 0.25) is 5.91 Å². The average Bonchev–Trinajstić information content (AvgIpc) is 3.15. The summed E-state index contributed by atoms with van der Waals surface area (Å²) in [5.41, 5.74) is 3.13. The van der Waals surface area contributed by atoms with Crippen LogP contribution in [0.2, 0.25) is 0 Å². The van der Waals surface area contributed by atoms with Crippen LogP contribution in [0.1, 0.15) is 47.6 Å². The second-order valence-corrected chi connectivity index (χ2v) is 7.77. The summed E-state index contributed by atoms with van der Waals surface area (Å²) in [5, 5.41) is 5.96. The molecule has 0 spiro atoms. The zero-order valence-corrected chi connectivity index (χ0v) is 17.2. The van der Waals surface area contributed by atoms with Crippen molar-refractivity contribution >= 4 is 17.2 Å². The number of aromatic nitrogens is 1. The van der Waals surface area contributed by atoms with Crippen LogP contribution in [0.15, 0.2) is 60.0 Å². The van der Waals surface area contributed by atoms with Crippen LogP contribution in [-0.4, -0.2) is 10.9 Å². The molecular weight excluding hydrogens is 368 g/mol. The summed E-state index contributed by atoms with van der Waals surface area (Å²) in [6.45, 7) is 4.59. The van der Waals surface area contributed by atoms with Gasteiger partial charge in [-0.05, 0) is 31.0 Å². The lowest BCUT2D eigenvalue weighted by Crippen LogP contribution is -2.29. The lowest BCUT2D eigenvalue weighted by molar-refractivity contribution is -0.121. The van der Waals surface area contributed by atoms with Crippen molar-refractivity contribution in [1.82, 2.24) is 10.3 Å². The van der Waals surface area contributed by atoms with E-state index in [4.69, 9.17) is 4.74 Å². The number of benzene rings is 2. The Kier molecular flexibility index (Phi) is 7.20. The van der Waals surface area contributed by atoms with Crippen molar-refractivity contribution in [3.05, 3.63) is 81.8 Å². The van der Waals surface area contributed by atoms with Crippen LogP contribution in [0.4, 0.5) is 0 Å². The van der Waals surface area contributed by atoms with Crippen molar-refractivity contribution in [3.8, 4) is 5.75 Å². The first-order chi connectivity index (χ1) is 13.6. The van der Waals surface area contributed by atoms with Crippen LogP contribution in [0.3, 0.4) is 0 Å². The van der Waals surface area contributed by atoms with Gasteiger partial charge in [-0.25, -0.2) is 4.98 Å². The number of carbonyl (C=O) groups excluding carboxylic acids is 1. The number of nitrogens with zero attached hydrogens (tertiary/aromatic N) is 1. The highest BCUT2D eigenvalue weighted by molar-refractivity contribution is 7.09. The predicted octanol–water partition coefficient (Wildman–Crippen LogP) is 5.23. The van der Waals surface area contributed by atoms with Crippen LogP contribution in [0.25, 0.3) is 0 Å². The van der Waals surface area contributed by atoms with Gasteiger partial charge in [0.25, 0.3) is 0 Å². The SMILES string of the molecule is CCCC(NC(=O)Cc1csc(COc2ccc(C)cc2)n1)c1ccccc1. The van der Waals surface area contributed by atoms with Gasteiger partial charge >= 0.3 is 0 Å². The second-order valence-electron chi connectivity index (χ2n) is 6.83. The Labute approximate surface area is 170 Å². The first-order valence-corrected chi connectivity index (χ1v) is 10.5. The van der Waals surface area contributed by atoms with E-state index in [2.05, 4.69) is 29.4 Å². The third-order valence-corrected chi connectivity index (χ3v) is 5.31. The number of hydrogen-bond donors (Lipinski definition) is 1. The van der Waals surface area contributed by atoms with E-state index < -0.39 is 0 Å². The van der Waals surface area contributed by atoms with Crippen molar-refractivity contribution in [2.75, 3.05) is 0 Å². The largest absolute Gasteiger partial charge is 0.486 e. The van der Waals surface area contributed by atoms with Gasteiger partial charge < -0.3 is 10.1 Å². The summed E-state index contributed by atoms with van der Waals surface area (Å²) in [5.74, 6) is 0.823.